The molecule has 0 saturated carbocycles. The van der Waals surface area contributed by atoms with Crippen molar-refractivity contribution < 1.29 is 18.6 Å². The Labute approximate surface area is 136 Å². The van der Waals surface area contributed by atoms with Crippen LogP contribution < -0.4 is 14.2 Å². The quantitative estimate of drug-likeness (QED) is 0.821. The first-order valence-corrected chi connectivity index (χ1v) is 7.79. The van der Waals surface area contributed by atoms with Crippen molar-refractivity contribution in [1.82, 2.24) is 0 Å². The van der Waals surface area contributed by atoms with Crippen molar-refractivity contribution in [3.63, 3.8) is 0 Å². The van der Waals surface area contributed by atoms with E-state index in [0.717, 1.165) is 22.4 Å². The predicted molar refractivity (Wildman–Crippen MR) is 88.2 cm³/mol. The molecule has 2 aromatic rings. The standard InChI is InChI=1S/C19H21FO3/c1-11(2)13-8-15(17(21-4)10-16(13)20)14-9-19-18(7-12(14)3)22-5-6-23-19/h7-11H,5-6H2,1-4H3. The largest absolute Gasteiger partial charge is 0.496 e. The number of hydrogen-bond acceptors (Lipinski definition) is 3. The van der Waals surface area contributed by atoms with Gasteiger partial charge in [0.2, 0.25) is 0 Å². The zero-order valence-electron chi connectivity index (χ0n) is 13.9. The number of benzene rings is 2. The number of aryl methyl sites for hydroxylation is 1. The van der Waals surface area contributed by atoms with E-state index in [9.17, 15) is 4.39 Å². The van der Waals surface area contributed by atoms with Gasteiger partial charge in [0.1, 0.15) is 24.8 Å². The highest BCUT2D eigenvalue weighted by molar-refractivity contribution is 5.77. The van der Waals surface area contributed by atoms with Gasteiger partial charge in [-0.15, -0.1) is 0 Å². The lowest BCUT2D eigenvalue weighted by atomic mass is 9.93. The molecule has 0 amide bonds. The summed E-state index contributed by atoms with van der Waals surface area (Å²) in [7, 11) is 1.56. The molecule has 122 valence electrons. The highest BCUT2D eigenvalue weighted by atomic mass is 19.1. The number of fused-ring (bicyclic) bond motifs is 1. The van der Waals surface area contributed by atoms with Gasteiger partial charge >= 0.3 is 0 Å². The molecule has 23 heavy (non-hydrogen) atoms. The maximum Gasteiger partial charge on any atom is 0.161 e. The van der Waals surface area contributed by atoms with Crippen LogP contribution in [0.1, 0.15) is 30.9 Å². The van der Waals surface area contributed by atoms with Crippen LogP contribution in [0, 0.1) is 12.7 Å². The van der Waals surface area contributed by atoms with E-state index in [1.165, 1.54) is 6.07 Å². The Kier molecular flexibility index (Phi) is 4.16. The van der Waals surface area contributed by atoms with Gasteiger partial charge < -0.3 is 14.2 Å². The molecule has 0 spiro atoms. The Bertz CT molecular complexity index is 738. The maximum atomic E-state index is 14.2. The average Bonchev–Trinajstić information content (AvgIpc) is 2.53. The van der Waals surface area contributed by atoms with Gasteiger partial charge in [-0.25, -0.2) is 4.39 Å². The summed E-state index contributed by atoms with van der Waals surface area (Å²) in [5.41, 5.74) is 3.55. The lowest BCUT2D eigenvalue weighted by Gasteiger charge is -2.21. The van der Waals surface area contributed by atoms with Gasteiger partial charge in [0, 0.05) is 11.6 Å². The van der Waals surface area contributed by atoms with Crippen LogP contribution in [0.4, 0.5) is 4.39 Å². The Morgan fingerprint density at radius 3 is 2.26 bits per heavy atom. The van der Waals surface area contributed by atoms with E-state index in [1.54, 1.807) is 7.11 Å². The van der Waals surface area contributed by atoms with Crippen molar-refractivity contribution in [1.29, 1.82) is 0 Å². The first-order chi connectivity index (χ1) is 11.0. The van der Waals surface area contributed by atoms with E-state index in [1.807, 2.05) is 39.0 Å². The molecule has 0 fully saturated rings. The van der Waals surface area contributed by atoms with E-state index in [0.29, 0.717) is 30.3 Å². The molecule has 1 heterocycles. The molecular weight excluding hydrogens is 295 g/mol. The molecule has 2 aromatic carbocycles. The fourth-order valence-corrected chi connectivity index (χ4v) is 2.87. The van der Waals surface area contributed by atoms with E-state index in [4.69, 9.17) is 14.2 Å². The average molecular weight is 316 g/mol. The molecule has 1 aliphatic rings. The van der Waals surface area contributed by atoms with Crippen LogP contribution in [0.25, 0.3) is 11.1 Å². The van der Waals surface area contributed by atoms with Crippen LogP contribution in [0.15, 0.2) is 24.3 Å². The monoisotopic (exact) mass is 316 g/mol. The first kappa shape index (κ1) is 15.7. The zero-order chi connectivity index (χ0) is 16.6. The van der Waals surface area contributed by atoms with Crippen molar-refractivity contribution in [2.24, 2.45) is 0 Å². The Hall–Kier alpha value is -2.23. The Morgan fingerprint density at radius 2 is 1.65 bits per heavy atom. The van der Waals surface area contributed by atoms with Crippen molar-refractivity contribution in [3.8, 4) is 28.4 Å². The van der Waals surface area contributed by atoms with Crippen LogP contribution in [0.5, 0.6) is 17.2 Å². The first-order valence-electron chi connectivity index (χ1n) is 7.79. The molecule has 0 unspecified atom stereocenters. The van der Waals surface area contributed by atoms with Crippen molar-refractivity contribution in [2.75, 3.05) is 20.3 Å². The van der Waals surface area contributed by atoms with E-state index >= 15 is 0 Å². The van der Waals surface area contributed by atoms with Crippen LogP contribution in [-0.4, -0.2) is 20.3 Å². The fourth-order valence-electron chi connectivity index (χ4n) is 2.87. The summed E-state index contributed by atoms with van der Waals surface area (Å²) in [6.45, 7) is 7.05. The molecular formula is C19H21FO3. The summed E-state index contributed by atoms with van der Waals surface area (Å²) in [4.78, 5) is 0. The summed E-state index contributed by atoms with van der Waals surface area (Å²) < 4.78 is 30.9. The topological polar surface area (TPSA) is 27.7 Å². The van der Waals surface area contributed by atoms with E-state index in [-0.39, 0.29) is 11.7 Å². The van der Waals surface area contributed by atoms with Crippen molar-refractivity contribution >= 4 is 0 Å². The molecule has 0 radical (unpaired) electrons. The molecule has 4 heteroatoms. The van der Waals surface area contributed by atoms with Crippen LogP contribution in [0.2, 0.25) is 0 Å². The predicted octanol–water partition coefficient (Wildman–Crippen LogP) is 4.70. The minimum atomic E-state index is -0.240. The Balaban J connectivity index is 2.19. The second kappa shape index (κ2) is 6.11. The highest BCUT2D eigenvalue weighted by Crippen LogP contribution is 2.41. The third-order valence-corrected chi connectivity index (χ3v) is 4.12. The number of rotatable bonds is 3. The smallest absolute Gasteiger partial charge is 0.161 e. The van der Waals surface area contributed by atoms with Crippen molar-refractivity contribution in [3.05, 3.63) is 41.2 Å². The number of halogens is 1. The molecule has 3 rings (SSSR count). The van der Waals surface area contributed by atoms with Crippen LogP contribution in [-0.2, 0) is 0 Å². The summed E-state index contributed by atoms with van der Waals surface area (Å²) in [5, 5.41) is 0. The van der Waals surface area contributed by atoms with E-state index in [2.05, 4.69) is 0 Å². The lowest BCUT2D eigenvalue weighted by molar-refractivity contribution is 0.171. The Morgan fingerprint density at radius 1 is 1.00 bits per heavy atom. The second-order valence-electron chi connectivity index (χ2n) is 6.04. The normalized spacial score (nSPS) is 13.3. The SMILES string of the molecule is COc1cc(F)c(C(C)C)cc1-c1cc2c(cc1C)OCCO2. The summed E-state index contributed by atoms with van der Waals surface area (Å²) in [6.07, 6.45) is 0. The maximum absolute atomic E-state index is 14.2. The van der Waals surface area contributed by atoms with Crippen LogP contribution >= 0.6 is 0 Å². The molecule has 1 aliphatic heterocycles. The molecule has 0 saturated heterocycles. The van der Waals surface area contributed by atoms with Gasteiger partial charge in [0.25, 0.3) is 0 Å². The summed E-state index contributed by atoms with van der Waals surface area (Å²) in [6, 6.07) is 7.24. The summed E-state index contributed by atoms with van der Waals surface area (Å²) in [5.74, 6) is 1.84. The third-order valence-electron chi connectivity index (χ3n) is 4.12. The summed E-state index contributed by atoms with van der Waals surface area (Å²) >= 11 is 0. The fraction of sp³-hybridized carbons (Fsp3) is 0.368. The minimum Gasteiger partial charge on any atom is -0.496 e. The molecule has 3 nitrogen and oxygen atoms in total. The van der Waals surface area contributed by atoms with E-state index < -0.39 is 0 Å². The zero-order valence-corrected chi connectivity index (χ0v) is 13.9. The van der Waals surface area contributed by atoms with Crippen LogP contribution in [0.3, 0.4) is 0 Å². The number of hydrogen-bond donors (Lipinski definition) is 0. The van der Waals surface area contributed by atoms with Gasteiger partial charge in [-0.2, -0.15) is 0 Å². The molecule has 0 aromatic heterocycles. The molecule has 0 aliphatic carbocycles. The van der Waals surface area contributed by atoms with Crippen molar-refractivity contribution in [2.45, 2.75) is 26.7 Å². The van der Waals surface area contributed by atoms with Gasteiger partial charge in [0.05, 0.1) is 7.11 Å². The van der Waals surface area contributed by atoms with Gasteiger partial charge in [-0.05, 0) is 47.7 Å². The molecule has 0 atom stereocenters. The molecule has 0 N–H and O–H groups in total. The number of ether oxygens (including phenoxy) is 3. The van der Waals surface area contributed by atoms with Gasteiger partial charge in [-0.1, -0.05) is 13.8 Å². The third kappa shape index (κ3) is 2.85. The second-order valence-corrected chi connectivity index (χ2v) is 6.04. The number of methoxy groups -OCH3 is 1. The highest BCUT2D eigenvalue weighted by Gasteiger charge is 2.19. The lowest BCUT2D eigenvalue weighted by Crippen LogP contribution is -2.15. The minimum absolute atomic E-state index is 0.0946. The van der Waals surface area contributed by atoms with Gasteiger partial charge in [-0.3, -0.25) is 0 Å². The van der Waals surface area contributed by atoms with Gasteiger partial charge in [0.15, 0.2) is 11.5 Å². The molecule has 0 bridgehead atoms.